The van der Waals surface area contributed by atoms with Crippen LogP contribution in [0.3, 0.4) is 0 Å². The molecule has 3 heteroatoms. The molecule has 0 aliphatic carbocycles. The van der Waals surface area contributed by atoms with E-state index >= 15 is 0 Å². The minimum absolute atomic E-state index is 0.122. The van der Waals surface area contributed by atoms with E-state index in [1.165, 1.54) is 5.56 Å². The van der Waals surface area contributed by atoms with Crippen LogP contribution in [0.4, 0.5) is 0 Å². The number of likely N-dealkylation sites (tertiary alicyclic amines) is 1. The van der Waals surface area contributed by atoms with Gasteiger partial charge in [-0.1, -0.05) is 44.2 Å². The Kier molecular flexibility index (Phi) is 5.40. The van der Waals surface area contributed by atoms with Crippen molar-refractivity contribution >= 4 is 5.97 Å². The Morgan fingerprint density at radius 1 is 1.29 bits per heavy atom. The predicted molar refractivity (Wildman–Crippen MR) is 85.4 cm³/mol. The van der Waals surface area contributed by atoms with Crippen molar-refractivity contribution in [3.63, 3.8) is 0 Å². The van der Waals surface area contributed by atoms with E-state index in [2.05, 4.69) is 43.0 Å². The maximum atomic E-state index is 11.6. The van der Waals surface area contributed by atoms with Crippen LogP contribution >= 0.6 is 0 Å². The average Bonchev–Trinajstić information content (AvgIpc) is 2.43. The molecule has 0 spiro atoms. The van der Waals surface area contributed by atoms with E-state index < -0.39 is 5.97 Å². The summed E-state index contributed by atoms with van der Waals surface area (Å²) in [5.74, 6) is -0.664. The second-order valence-corrected chi connectivity index (χ2v) is 6.81. The van der Waals surface area contributed by atoms with Gasteiger partial charge in [-0.3, -0.25) is 9.69 Å². The van der Waals surface area contributed by atoms with Gasteiger partial charge < -0.3 is 5.11 Å². The van der Waals surface area contributed by atoms with Crippen LogP contribution in [0.2, 0.25) is 0 Å². The van der Waals surface area contributed by atoms with Crippen LogP contribution in [-0.2, 0) is 11.2 Å². The van der Waals surface area contributed by atoms with Gasteiger partial charge in [0, 0.05) is 0 Å². The van der Waals surface area contributed by atoms with Gasteiger partial charge in [-0.25, -0.2) is 0 Å². The fourth-order valence-corrected chi connectivity index (χ4v) is 3.52. The van der Waals surface area contributed by atoms with Crippen molar-refractivity contribution in [3.8, 4) is 0 Å². The van der Waals surface area contributed by atoms with E-state index in [4.69, 9.17) is 0 Å². The molecule has 1 saturated heterocycles. The minimum atomic E-state index is -0.664. The predicted octanol–water partition coefficient (Wildman–Crippen LogP) is 3.58. The third-order valence-corrected chi connectivity index (χ3v) is 4.61. The highest BCUT2D eigenvalue weighted by Crippen LogP contribution is 2.35. The van der Waals surface area contributed by atoms with Crippen LogP contribution < -0.4 is 0 Å². The smallest absolute Gasteiger partial charge is 0.321 e. The first kappa shape index (κ1) is 16.0. The van der Waals surface area contributed by atoms with Gasteiger partial charge >= 0.3 is 5.97 Å². The Balaban J connectivity index is 1.82. The van der Waals surface area contributed by atoms with Crippen molar-refractivity contribution < 1.29 is 9.90 Å². The molecule has 0 amide bonds. The highest BCUT2D eigenvalue weighted by atomic mass is 16.4. The first-order valence-electron chi connectivity index (χ1n) is 8.01. The largest absolute Gasteiger partial charge is 0.480 e. The molecule has 1 aliphatic rings. The van der Waals surface area contributed by atoms with Crippen molar-refractivity contribution in [2.75, 3.05) is 13.1 Å². The lowest BCUT2D eigenvalue weighted by Crippen LogP contribution is -2.54. The lowest BCUT2D eigenvalue weighted by Gasteiger charge is -2.44. The molecule has 0 saturated carbocycles. The molecule has 1 atom stereocenters. The SMILES string of the molecule is CC1(C)CCCN(CCCCc2ccccc2)C1C(=O)O. The van der Waals surface area contributed by atoms with Crippen molar-refractivity contribution in [3.05, 3.63) is 35.9 Å². The van der Waals surface area contributed by atoms with Gasteiger partial charge in [0.1, 0.15) is 6.04 Å². The van der Waals surface area contributed by atoms with Crippen LogP contribution in [0.15, 0.2) is 30.3 Å². The number of hydrogen-bond donors (Lipinski definition) is 1. The van der Waals surface area contributed by atoms with Gasteiger partial charge in [-0.2, -0.15) is 0 Å². The number of piperidine rings is 1. The Labute approximate surface area is 128 Å². The number of carboxylic acid groups (broad SMARTS) is 1. The monoisotopic (exact) mass is 289 g/mol. The van der Waals surface area contributed by atoms with Crippen LogP contribution in [0, 0.1) is 5.41 Å². The summed E-state index contributed by atoms with van der Waals surface area (Å²) in [6, 6.07) is 10.2. The Hall–Kier alpha value is -1.35. The fraction of sp³-hybridized carbons (Fsp3) is 0.611. The van der Waals surface area contributed by atoms with Gasteiger partial charge in [0.25, 0.3) is 0 Å². The highest BCUT2D eigenvalue weighted by molar-refractivity contribution is 5.74. The van der Waals surface area contributed by atoms with Gasteiger partial charge in [-0.15, -0.1) is 0 Å². The molecule has 1 aromatic carbocycles. The summed E-state index contributed by atoms with van der Waals surface area (Å²) in [6.45, 7) is 5.99. The second kappa shape index (κ2) is 7.08. The van der Waals surface area contributed by atoms with Crippen molar-refractivity contribution in [2.45, 2.75) is 52.0 Å². The number of carbonyl (C=O) groups is 1. The Bertz CT molecular complexity index is 456. The molecule has 1 fully saturated rings. The first-order valence-corrected chi connectivity index (χ1v) is 8.01. The van der Waals surface area contributed by atoms with Crippen LogP contribution in [0.25, 0.3) is 0 Å². The van der Waals surface area contributed by atoms with Gasteiger partial charge in [0.05, 0.1) is 0 Å². The zero-order valence-electron chi connectivity index (χ0n) is 13.2. The normalized spacial score (nSPS) is 22.1. The molecule has 0 aromatic heterocycles. The molecular weight excluding hydrogens is 262 g/mol. The Morgan fingerprint density at radius 3 is 2.67 bits per heavy atom. The second-order valence-electron chi connectivity index (χ2n) is 6.81. The van der Waals surface area contributed by atoms with E-state index in [0.717, 1.165) is 45.2 Å². The van der Waals surface area contributed by atoms with Crippen molar-refractivity contribution in [2.24, 2.45) is 5.41 Å². The summed E-state index contributed by atoms with van der Waals surface area (Å²) < 4.78 is 0. The van der Waals surface area contributed by atoms with E-state index in [1.807, 2.05) is 6.07 Å². The lowest BCUT2D eigenvalue weighted by atomic mass is 9.76. The maximum absolute atomic E-state index is 11.6. The van der Waals surface area contributed by atoms with Crippen molar-refractivity contribution in [1.82, 2.24) is 4.90 Å². The summed E-state index contributed by atoms with van der Waals surface area (Å²) in [6.07, 6.45) is 5.37. The van der Waals surface area contributed by atoms with Crippen molar-refractivity contribution in [1.29, 1.82) is 0 Å². The molecule has 21 heavy (non-hydrogen) atoms. The number of rotatable bonds is 6. The third kappa shape index (κ3) is 4.31. The van der Waals surface area contributed by atoms with E-state index in [0.29, 0.717) is 0 Å². The quantitative estimate of drug-likeness (QED) is 0.814. The number of carboxylic acids is 1. The Morgan fingerprint density at radius 2 is 2.00 bits per heavy atom. The van der Waals surface area contributed by atoms with Crippen LogP contribution in [-0.4, -0.2) is 35.1 Å². The fourth-order valence-electron chi connectivity index (χ4n) is 3.52. The molecule has 1 aromatic rings. The topological polar surface area (TPSA) is 40.5 Å². The summed E-state index contributed by atoms with van der Waals surface area (Å²) in [5.41, 5.74) is 1.25. The van der Waals surface area contributed by atoms with E-state index in [9.17, 15) is 9.90 Å². The zero-order chi connectivity index (χ0) is 15.3. The summed E-state index contributed by atoms with van der Waals surface area (Å²) in [4.78, 5) is 13.8. The number of aliphatic carboxylic acids is 1. The molecule has 3 nitrogen and oxygen atoms in total. The van der Waals surface area contributed by atoms with Gasteiger partial charge in [0.2, 0.25) is 0 Å². The number of aryl methyl sites for hydroxylation is 1. The molecule has 0 radical (unpaired) electrons. The molecule has 1 unspecified atom stereocenters. The number of unbranched alkanes of at least 4 members (excludes halogenated alkanes) is 1. The van der Waals surface area contributed by atoms with Crippen LogP contribution in [0.1, 0.15) is 45.1 Å². The number of hydrogen-bond acceptors (Lipinski definition) is 2. The highest BCUT2D eigenvalue weighted by Gasteiger charge is 2.41. The molecule has 1 heterocycles. The number of benzene rings is 1. The molecule has 116 valence electrons. The van der Waals surface area contributed by atoms with Gasteiger partial charge in [0.15, 0.2) is 0 Å². The third-order valence-electron chi connectivity index (χ3n) is 4.61. The molecule has 1 N–H and O–H groups in total. The van der Waals surface area contributed by atoms with Gasteiger partial charge in [-0.05, 0) is 56.2 Å². The molecule has 1 aliphatic heterocycles. The van der Waals surface area contributed by atoms with E-state index in [1.54, 1.807) is 0 Å². The maximum Gasteiger partial charge on any atom is 0.321 e. The summed E-state index contributed by atoms with van der Waals surface area (Å²) >= 11 is 0. The van der Waals surface area contributed by atoms with Crippen LogP contribution in [0.5, 0.6) is 0 Å². The lowest BCUT2D eigenvalue weighted by molar-refractivity contribution is -0.150. The zero-order valence-corrected chi connectivity index (χ0v) is 13.2. The standard InChI is InChI=1S/C18H27NO2/c1-18(2)12-8-14-19(16(18)17(20)21)13-7-6-11-15-9-4-3-5-10-15/h3-5,9-10,16H,6-8,11-14H2,1-2H3,(H,20,21). The first-order chi connectivity index (χ1) is 10.0. The average molecular weight is 289 g/mol. The minimum Gasteiger partial charge on any atom is -0.480 e. The summed E-state index contributed by atoms with van der Waals surface area (Å²) in [7, 11) is 0. The summed E-state index contributed by atoms with van der Waals surface area (Å²) in [5, 5.41) is 9.54. The molecular formula is C18H27NO2. The molecule has 2 rings (SSSR count). The van der Waals surface area contributed by atoms with E-state index in [-0.39, 0.29) is 11.5 Å². The molecule has 0 bridgehead atoms. The number of nitrogens with zero attached hydrogens (tertiary/aromatic N) is 1.